The van der Waals surface area contributed by atoms with Crippen LogP contribution >= 0.6 is 0 Å². The second-order valence-corrected chi connectivity index (χ2v) is 7.73. The maximum Gasteiger partial charge on any atom is 0.338 e. The molecule has 148 valence electrons. The average Bonchev–Trinajstić information content (AvgIpc) is 3.42. The quantitative estimate of drug-likeness (QED) is 0.745. The summed E-state index contributed by atoms with van der Waals surface area (Å²) in [6.45, 7) is 0. The monoisotopic (exact) mass is 392 g/mol. The fraction of sp³-hybridized carbons (Fsp3) is 0.348. The fourth-order valence-electron chi connectivity index (χ4n) is 4.83. The Balaban J connectivity index is 1.41. The molecule has 6 nitrogen and oxygen atoms in total. The third-order valence-corrected chi connectivity index (χ3v) is 6.12. The summed E-state index contributed by atoms with van der Waals surface area (Å²) in [5.41, 5.74) is 0.820. The van der Waals surface area contributed by atoms with E-state index in [2.05, 4.69) is 0 Å². The van der Waals surface area contributed by atoms with Crippen molar-refractivity contribution in [2.45, 2.75) is 37.3 Å². The molecule has 2 bridgehead atoms. The van der Waals surface area contributed by atoms with Gasteiger partial charge in [-0.25, -0.2) is 9.59 Å². The Morgan fingerprint density at radius 3 is 1.86 bits per heavy atom. The minimum Gasteiger partial charge on any atom is -0.452 e. The van der Waals surface area contributed by atoms with Gasteiger partial charge in [0.25, 0.3) is 0 Å². The lowest BCUT2D eigenvalue weighted by atomic mass is 9.78. The summed E-state index contributed by atoms with van der Waals surface area (Å²) in [6.07, 6.45) is -1.33. The van der Waals surface area contributed by atoms with Gasteiger partial charge in [0.15, 0.2) is 12.2 Å². The second-order valence-electron chi connectivity index (χ2n) is 7.73. The first kappa shape index (κ1) is 18.1. The maximum atomic E-state index is 12.6. The molecule has 2 aliphatic heterocycles. The third-order valence-electron chi connectivity index (χ3n) is 6.12. The Morgan fingerprint density at radius 2 is 1.31 bits per heavy atom. The topological polar surface area (TPSA) is 78.9 Å². The number of rotatable bonds is 4. The molecular weight excluding hydrogens is 372 g/mol. The van der Waals surface area contributed by atoms with Crippen molar-refractivity contribution in [3.63, 3.8) is 0 Å². The van der Waals surface area contributed by atoms with E-state index in [0.717, 1.165) is 0 Å². The number of benzene rings is 2. The van der Waals surface area contributed by atoms with Crippen LogP contribution in [0.15, 0.2) is 60.7 Å². The van der Waals surface area contributed by atoms with Crippen molar-refractivity contribution in [2.24, 2.45) is 11.8 Å². The maximum absolute atomic E-state index is 12.6. The van der Waals surface area contributed by atoms with E-state index < -0.39 is 36.4 Å². The zero-order chi connectivity index (χ0) is 20.0. The molecule has 6 atom stereocenters. The molecule has 3 aliphatic rings. The van der Waals surface area contributed by atoms with Gasteiger partial charge in [0.2, 0.25) is 0 Å². The van der Waals surface area contributed by atoms with Crippen LogP contribution in [-0.4, -0.2) is 42.1 Å². The highest BCUT2D eigenvalue weighted by atomic mass is 16.6. The molecule has 0 N–H and O–H groups in total. The molecule has 6 heteroatoms. The molecule has 0 radical (unpaired) electrons. The Kier molecular flexibility index (Phi) is 4.43. The molecule has 1 aliphatic carbocycles. The number of carbonyl (C=O) groups excluding carboxylic acids is 3. The highest BCUT2D eigenvalue weighted by molar-refractivity contribution is 5.91. The summed E-state index contributed by atoms with van der Waals surface area (Å²) in [7, 11) is 0. The molecule has 2 saturated heterocycles. The van der Waals surface area contributed by atoms with E-state index in [1.54, 1.807) is 48.5 Å². The van der Waals surface area contributed by atoms with Crippen molar-refractivity contribution in [1.82, 2.24) is 0 Å². The van der Waals surface area contributed by atoms with E-state index >= 15 is 0 Å². The predicted octanol–water partition coefficient (Wildman–Crippen LogP) is 2.81. The highest BCUT2D eigenvalue weighted by Gasteiger charge is 2.66. The zero-order valence-electron chi connectivity index (χ0n) is 15.6. The van der Waals surface area contributed by atoms with Crippen molar-refractivity contribution in [2.75, 3.05) is 0 Å². The van der Waals surface area contributed by atoms with Gasteiger partial charge in [0.05, 0.1) is 17.0 Å². The number of esters is 2. The number of ether oxygens (including phenoxy) is 3. The molecule has 6 unspecified atom stereocenters. The van der Waals surface area contributed by atoms with Gasteiger partial charge < -0.3 is 14.2 Å². The summed E-state index contributed by atoms with van der Waals surface area (Å²) >= 11 is 0. The smallest absolute Gasteiger partial charge is 0.338 e. The SMILES string of the molecule is O=C(OC1C2OC(C1OC(=O)c1ccccc1)C1C(=O)CCC21)c1ccccc1. The van der Waals surface area contributed by atoms with E-state index in [4.69, 9.17) is 14.2 Å². The number of ketones is 1. The second kappa shape index (κ2) is 7.12. The van der Waals surface area contributed by atoms with Crippen molar-refractivity contribution in [3.8, 4) is 0 Å². The minimum absolute atomic E-state index is 0.00718. The van der Waals surface area contributed by atoms with Gasteiger partial charge in [-0.05, 0) is 30.7 Å². The lowest BCUT2D eigenvalue weighted by Crippen LogP contribution is -2.50. The van der Waals surface area contributed by atoms with Gasteiger partial charge in [0, 0.05) is 12.3 Å². The zero-order valence-corrected chi connectivity index (χ0v) is 15.6. The van der Waals surface area contributed by atoms with E-state index in [1.807, 2.05) is 12.1 Å². The standard InChI is InChI=1S/C23H20O6/c24-16-12-11-15-17(16)19-21(29-23(26)14-9-5-2-6-10-14)20(18(15)27-19)28-22(25)13-7-3-1-4-8-13/h1-10,15,17-21H,11-12H2. The fourth-order valence-corrected chi connectivity index (χ4v) is 4.83. The van der Waals surface area contributed by atoms with Crippen LogP contribution in [0.2, 0.25) is 0 Å². The lowest BCUT2D eigenvalue weighted by Gasteiger charge is -2.33. The van der Waals surface area contributed by atoms with Gasteiger partial charge in [-0.1, -0.05) is 36.4 Å². The minimum atomic E-state index is -0.802. The molecule has 29 heavy (non-hydrogen) atoms. The number of fused-ring (bicyclic) bond motifs is 5. The Morgan fingerprint density at radius 1 is 0.793 bits per heavy atom. The van der Waals surface area contributed by atoms with Crippen LogP contribution in [-0.2, 0) is 19.0 Å². The van der Waals surface area contributed by atoms with Crippen LogP contribution in [0.1, 0.15) is 33.6 Å². The molecular formula is C23H20O6. The molecule has 1 saturated carbocycles. The van der Waals surface area contributed by atoms with Crippen LogP contribution in [0.3, 0.4) is 0 Å². The Bertz CT molecular complexity index is 940. The van der Waals surface area contributed by atoms with E-state index in [9.17, 15) is 14.4 Å². The lowest BCUT2D eigenvalue weighted by molar-refractivity contribution is -0.125. The number of hydrogen-bond acceptors (Lipinski definition) is 6. The van der Waals surface area contributed by atoms with Crippen LogP contribution in [0, 0.1) is 11.8 Å². The van der Waals surface area contributed by atoms with Crippen molar-refractivity contribution >= 4 is 17.7 Å². The molecule has 0 aromatic heterocycles. The molecule has 0 spiro atoms. The van der Waals surface area contributed by atoms with Crippen LogP contribution in [0.4, 0.5) is 0 Å². The van der Waals surface area contributed by atoms with Crippen molar-refractivity contribution in [3.05, 3.63) is 71.8 Å². The van der Waals surface area contributed by atoms with Crippen molar-refractivity contribution < 1.29 is 28.6 Å². The van der Waals surface area contributed by atoms with E-state index in [0.29, 0.717) is 24.0 Å². The summed E-state index contributed by atoms with van der Waals surface area (Å²) < 4.78 is 17.5. The Hall–Kier alpha value is -2.99. The molecule has 2 heterocycles. The summed E-state index contributed by atoms with van der Waals surface area (Å²) in [5, 5.41) is 0. The summed E-state index contributed by atoms with van der Waals surface area (Å²) in [4.78, 5) is 37.7. The van der Waals surface area contributed by atoms with E-state index in [1.165, 1.54) is 0 Å². The van der Waals surface area contributed by atoms with Gasteiger partial charge in [0.1, 0.15) is 18.0 Å². The highest BCUT2D eigenvalue weighted by Crippen LogP contribution is 2.52. The van der Waals surface area contributed by atoms with Crippen LogP contribution in [0.5, 0.6) is 0 Å². The number of carbonyl (C=O) groups is 3. The molecule has 0 amide bonds. The van der Waals surface area contributed by atoms with Gasteiger partial charge in [-0.3, -0.25) is 4.79 Å². The molecule has 3 fully saturated rings. The van der Waals surface area contributed by atoms with E-state index in [-0.39, 0.29) is 17.6 Å². The number of Topliss-reactive ketones (excluding diaryl/α,β-unsaturated/α-hetero) is 1. The van der Waals surface area contributed by atoms with Gasteiger partial charge in [-0.2, -0.15) is 0 Å². The number of hydrogen-bond donors (Lipinski definition) is 0. The molecule has 2 aromatic rings. The molecule has 5 rings (SSSR count). The van der Waals surface area contributed by atoms with Gasteiger partial charge >= 0.3 is 11.9 Å². The average molecular weight is 392 g/mol. The Labute approximate surface area is 167 Å². The first-order valence-corrected chi connectivity index (χ1v) is 9.84. The van der Waals surface area contributed by atoms with Crippen LogP contribution < -0.4 is 0 Å². The summed E-state index contributed by atoms with van der Waals surface area (Å²) in [5.74, 6) is -1.16. The first-order valence-electron chi connectivity index (χ1n) is 9.84. The summed E-state index contributed by atoms with van der Waals surface area (Å²) in [6, 6.07) is 17.3. The molecule has 2 aromatic carbocycles. The predicted molar refractivity (Wildman–Crippen MR) is 101 cm³/mol. The third kappa shape index (κ3) is 3.04. The van der Waals surface area contributed by atoms with Gasteiger partial charge in [-0.15, -0.1) is 0 Å². The van der Waals surface area contributed by atoms with Crippen LogP contribution in [0.25, 0.3) is 0 Å². The first-order chi connectivity index (χ1) is 14.1. The normalized spacial score (nSPS) is 32.1. The van der Waals surface area contributed by atoms with Crippen molar-refractivity contribution in [1.29, 1.82) is 0 Å². The largest absolute Gasteiger partial charge is 0.452 e.